The minimum Gasteiger partial charge on any atom is -0.444 e. The maximum Gasteiger partial charge on any atom is 0.421 e. The predicted octanol–water partition coefficient (Wildman–Crippen LogP) is 3.97. The van der Waals surface area contributed by atoms with Crippen molar-refractivity contribution < 1.29 is 29.0 Å². The number of imidazole rings is 1. The number of amides is 2. The SMILES string of the molecule is CC(C)(C)OC(=O)NC(c1ccccc1)C(O)C(=O)Nc1ccc2nc(N)n(C(=O)OC(C)(C)C)c2c1. The van der Waals surface area contributed by atoms with Gasteiger partial charge in [-0.1, -0.05) is 30.3 Å². The molecule has 11 nitrogen and oxygen atoms in total. The molecular formula is C26H33N5O6. The van der Waals surface area contributed by atoms with Crippen LogP contribution in [0.3, 0.4) is 0 Å². The summed E-state index contributed by atoms with van der Waals surface area (Å²) in [6, 6.07) is 12.1. The van der Waals surface area contributed by atoms with Crippen molar-refractivity contribution in [2.75, 3.05) is 11.1 Å². The molecule has 2 unspecified atom stereocenters. The third kappa shape index (κ3) is 7.20. The van der Waals surface area contributed by atoms with Crippen LogP contribution >= 0.6 is 0 Å². The topological polar surface area (TPSA) is 158 Å². The van der Waals surface area contributed by atoms with Crippen molar-refractivity contribution in [3.8, 4) is 0 Å². The number of nitrogen functional groups attached to an aromatic ring is 1. The fraction of sp³-hybridized carbons (Fsp3) is 0.385. The number of alkyl carbamates (subject to hydrolysis) is 1. The molecular weight excluding hydrogens is 478 g/mol. The molecule has 11 heteroatoms. The number of aliphatic hydroxyl groups excluding tert-OH is 1. The van der Waals surface area contributed by atoms with E-state index in [-0.39, 0.29) is 11.6 Å². The molecule has 0 radical (unpaired) electrons. The van der Waals surface area contributed by atoms with Gasteiger partial charge in [0.25, 0.3) is 5.91 Å². The van der Waals surface area contributed by atoms with Gasteiger partial charge >= 0.3 is 12.2 Å². The number of hydrogen-bond donors (Lipinski definition) is 4. The number of carbonyl (C=O) groups excluding carboxylic acids is 3. The molecule has 37 heavy (non-hydrogen) atoms. The Bertz CT molecular complexity index is 1290. The van der Waals surface area contributed by atoms with Crippen LogP contribution in [0.2, 0.25) is 0 Å². The average Bonchev–Trinajstić information content (AvgIpc) is 3.10. The number of nitrogens with zero attached hydrogens (tertiary/aromatic N) is 2. The van der Waals surface area contributed by atoms with Gasteiger partial charge in [0.05, 0.1) is 17.1 Å². The molecule has 3 aromatic rings. The molecule has 0 saturated carbocycles. The number of hydrogen-bond acceptors (Lipinski definition) is 8. The van der Waals surface area contributed by atoms with Gasteiger partial charge in [0.1, 0.15) is 11.2 Å². The van der Waals surface area contributed by atoms with Crippen LogP contribution in [0, 0.1) is 0 Å². The van der Waals surface area contributed by atoms with Crippen molar-refractivity contribution >= 4 is 40.8 Å². The molecule has 0 aliphatic heterocycles. The van der Waals surface area contributed by atoms with E-state index < -0.39 is 41.4 Å². The van der Waals surface area contributed by atoms with E-state index in [4.69, 9.17) is 15.2 Å². The van der Waals surface area contributed by atoms with Crippen molar-refractivity contribution in [3.63, 3.8) is 0 Å². The Balaban J connectivity index is 1.86. The monoisotopic (exact) mass is 511 g/mol. The molecule has 2 atom stereocenters. The van der Waals surface area contributed by atoms with Crippen LogP contribution < -0.4 is 16.4 Å². The van der Waals surface area contributed by atoms with Crippen LogP contribution in [0.25, 0.3) is 11.0 Å². The maximum atomic E-state index is 13.0. The summed E-state index contributed by atoms with van der Waals surface area (Å²) in [7, 11) is 0. The van der Waals surface area contributed by atoms with Gasteiger partial charge in [0.15, 0.2) is 6.10 Å². The predicted molar refractivity (Wildman–Crippen MR) is 139 cm³/mol. The average molecular weight is 512 g/mol. The molecule has 0 spiro atoms. The van der Waals surface area contributed by atoms with E-state index in [1.54, 1.807) is 84.0 Å². The van der Waals surface area contributed by atoms with E-state index in [0.29, 0.717) is 16.6 Å². The Morgan fingerprint density at radius 1 is 0.973 bits per heavy atom. The second-order valence-electron chi connectivity index (χ2n) is 10.5. The lowest BCUT2D eigenvalue weighted by Gasteiger charge is -2.26. The minimum absolute atomic E-state index is 0.0709. The number of aromatic nitrogens is 2. The Kier molecular flexibility index (Phi) is 7.77. The first-order valence-electron chi connectivity index (χ1n) is 11.7. The lowest BCUT2D eigenvalue weighted by atomic mass is 10.0. The van der Waals surface area contributed by atoms with Crippen molar-refractivity contribution in [3.05, 3.63) is 54.1 Å². The summed E-state index contributed by atoms with van der Waals surface area (Å²) in [5.74, 6) is -0.862. The fourth-order valence-electron chi connectivity index (χ4n) is 3.48. The second-order valence-corrected chi connectivity index (χ2v) is 10.5. The van der Waals surface area contributed by atoms with E-state index in [2.05, 4.69) is 15.6 Å². The number of ether oxygens (including phenoxy) is 2. The number of anilines is 2. The smallest absolute Gasteiger partial charge is 0.421 e. The first-order chi connectivity index (χ1) is 17.1. The number of rotatable bonds is 5. The van der Waals surface area contributed by atoms with E-state index in [1.807, 2.05) is 0 Å². The Morgan fingerprint density at radius 2 is 1.59 bits per heavy atom. The van der Waals surface area contributed by atoms with Crippen LogP contribution in [0.4, 0.5) is 21.2 Å². The zero-order valence-corrected chi connectivity index (χ0v) is 21.7. The zero-order valence-electron chi connectivity index (χ0n) is 21.7. The molecule has 2 aromatic carbocycles. The highest BCUT2D eigenvalue weighted by atomic mass is 16.6. The van der Waals surface area contributed by atoms with Crippen LogP contribution in [-0.4, -0.2) is 50.1 Å². The van der Waals surface area contributed by atoms with Gasteiger partial charge in [-0.3, -0.25) is 4.79 Å². The number of fused-ring (bicyclic) bond motifs is 1. The van der Waals surface area contributed by atoms with Gasteiger partial charge in [-0.25, -0.2) is 19.1 Å². The highest BCUT2D eigenvalue weighted by Crippen LogP contribution is 2.25. The fourth-order valence-corrected chi connectivity index (χ4v) is 3.48. The Hall–Kier alpha value is -4.12. The van der Waals surface area contributed by atoms with Gasteiger partial charge in [0.2, 0.25) is 5.95 Å². The molecule has 0 saturated heterocycles. The highest BCUT2D eigenvalue weighted by Gasteiger charge is 2.31. The molecule has 0 fully saturated rings. The summed E-state index contributed by atoms with van der Waals surface area (Å²) in [5, 5.41) is 16.1. The number of nitrogens with one attached hydrogen (secondary N) is 2. The first-order valence-corrected chi connectivity index (χ1v) is 11.7. The van der Waals surface area contributed by atoms with E-state index in [9.17, 15) is 19.5 Å². The molecule has 5 N–H and O–H groups in total. The molecule has 0 aliphatic carbocycles. The summed E-state index contributed by atoms with van der Waals surface area (Å²) in [6.07, 6.45) is -3.18. The van der Waals surface area contributed by atoms with E-state index in [1.165, 1.54) is 6.07 Å². The van der Waals surface area contributed by atoms with Crippen molar-refractivity contribution in [2.45, 2.75) is 64.9 Å². The molecule has 2 amide bonds. The lowest BCUT2D eigenvalue weighted by Crippen LogP contribution is -2.44. The summed E-state index contributed by atoms with van der Waals surface area (Å²) < 4.78 is 11.8. The molecule has 1 heterocycles. The summed E-state index contributed by atoms with van der Waals surface area (Å²) in [5.41, 5.74) is 5.90. The van der Waals surface area contributed by atoms with Gasteiger partial charge < -0.3 is 30.9 Å². The molecule has 0 aliphatic rings. The minimum atomic E-state index is -1.67. The van der Waals surface area contributed by atoms with Crippen LogP contribution in [-0.2, 0) is 14.3 Å². The third-order valence-corrected chi connectivity index (χ3v) is 4.94. The first kappa shape index (κ1) is 27.5. The van der Waals surface area contributed by atoms with Crippen LogP contribution in [0.1, 0.15) is 53.1 Å². The largest absolute Gasteiger partial charge is 0.444 e. The lowest BCUT2D eigenvalue weighted by molar-refractivity contribution is -0.125. The molecule has 1 aromatic heterocycles. The number of benzene rings is 2. The van der Waals surface area contributed by atoms with Crippen LogP contribution in [0.15, 0.2) is 48.5 Å². The normalized spacial score (nSPS) is 13.5. The summed E-state index contributed by atoms with van der Waals surface area (Å²) in [6.45, 7) is 10.3. The number of nitrogens with two attached hydrogens (primary N) is 1. The van der Waals surface area contributed by atoms with E-state index >= 15 is 0 Å². The van der Waals surface area contributed by atoms with Crippen LogP contribution in [0.5, 0.6) is 0 Å². The van der Waals surface area contributed by atoms with Gasteiger partial charge in [0, 0.05) is 5.69 Å². The van der Waals surface area contributed by atoms with Gasteiger partial charge in [-0.15, -0.1) is 0 Å². The molecule has 3 rings (SSSR count). The summed E-state index contributed by atoms with van der Waals surface area (Å²) >= 11 is 0. The number of aliphatic hydroxyl groups is 1. The van der Waals surface area contributed by atoms with E-state index in [0.717, 1.165) is 4.57 Å². The summed E-state index contributed by atoms with van der Waals surface area (Å²) in [4.78, 5) is 42.3. The second kappa shape index (κ2) is 10.5. The zero-order chi connectivity index (χ0) is 27.5. The number of carbonyl (C=O) groups is 3. The standard InChI is InChI=1S/C26H33N5O6/c1-25(2,3)36-23(34)30-19(15-10-8-7-9-11-15)20(32)21(33)28-16-12-13-17-18(14-16)31(22(27)29-17)24(35)37-26(4,5)6/h7-14,19-20,32H,1-6H3,(H2,27,29)(H,28,33)(H,30,34). The molecule has 198 valence electrons. The van der Waals surface area contributed by atoms with Crippen molar-refractivity contribution in [1.29, 1.82) is 0 Å². The van der Waals surface area contributed by atoms with Crippen molar-refractivity contribution in [1.82, 2.24) is 14.9 Å². The van der Waals surface area contributed by atoms with Gasteiger partial charge in [-0.2, -0.15) is 0 Å². The quantitative estimate of drug-likeness (QED) is 0.401. The Labute approximate surface area is 214 Å². The van der Waals surface area contributed by atoms with Gasteiger partial charge in [-0.05, 0) is 65.3 Å². The molecule has 0 bridgehead atoms. The van der Waals surface area contributed by atoms with Crippen molar-refractivity contribution in [2.24, 2.45) is 0 Å². The maximum absolute atomic E-state index is 13.0. The third-order valence-electron chi connectivity index (χ3n) is 4.94. The highest BCUT2D eigenvalue weighted by molar-refractivity contribution is 5.98. The Morgan fingerprint density at radius 3 is 2.19 bits per heavy atom.